The number of hydrogen-bond donors (Lipinski definition) is 1. The standard InChI is InChI=1S/C21H31N3OS/c1-16-8-7-13-24(14-16)21(2,3)15-22-19(25)11-6-12-20-23-17-9-4-5-10-18(17)26-20/h4-5,9-10,16H,6-8,11-15H2,1-3H3,(H,22,25). The number of amides is 1. The molecular formula is C21H31N3OS. The molecule has 1 unspecified atom stereocenters. The van der Waals surface area contributed by atoms with Crippen LogP contribution in [0.3, 0.4) is 0 Å². The zero-order chi connectivity index (χ0) is 18.6. The first-order valence-electron chi connectivity index (χ1n) is 9.80. The zero-order valence-corrected chi connectivity index (χ0v) is 17.1. The van der Waals surface area contributed by atoms with E-state index < -0.39 is 0 Å². The first kappa shape index (κ1) is 19.3. The molecule has 1 saturated heterocycles. The lowest BCUT2D eigenvalue weighted by atomic mass is 9.93. The van der Waals surface area contributed by atoms with Gasteiger partial charge in [0.05, 0.1) is 15.2 Å². The molecule has 4 nitrogen and oxygen atoms in total. The Balaban J connectivity index is 1.41. The summed E-state index contributed by atoms with van der Waals surface area (Å²) in [6.07, 6.45) is 4.89. The van der Waals surface area contributed by atoms with Crippen molar-refractivity contribution in [3.63, 3.8) is 0 Å². The molecule has 5 heteroatoms. The summed E-state index contributed by atoms with van der Waals surface area (Å²) in [6, 6.07) is 8.21. The quantitative estimate of drug-likeness (QED) is 0.789. The molecule has 1 fully saturated rings. The second kappa shape index (κ2) is 8.49. The van der Waals surface area contributed by atoms with E-state index in [0.29, 0.717) is 6.42 Å². The summed E-state index contributed by atoms with van der Waals surface area (Å²) in [7, 11) is 0. The number of carbonyl (C=O) groups is 1. The Morgan fingerprint density at radius 3 is 2.96 bits per heavy atom. The summed E-state index contributed by atoms with van der Waals surface area (Å²) >= 11 is 1.74. The lowest BCUT2D eigenvalue weighted by Gasteiger charge is -2.43. The number of thiazole rings is 1. The number of para-hydroxylation sites is 1. The normalized spacial score (nSPS) is 19.0. The number of nitrogens with one attached hydrogen (secondary N) is 1. The molecule has 0 aliphatic carbocycles. The molecule has 142 valence electrons. The number of nitrogens with zero attached hydrogens (tertiary/aromatic N) is 2. The van der Waals surface area contributed by atoms with Gasteiger partial charge in [0.15, 0.2) is 0 Å². The topological polar surface area (TPSA) is 45.2 Å². The van der Waals surface area contributed by atoms with Crippen molar-refractivity contribution >= 4 is 27.5 Å². The fourth-order valence-corrected chi connectivity index (χ4v) is 4.69. The molecule has 26 heavy (non-hydrogen) atoms. The van der Waals surface area contributed by atoms with Crippen molar-refractivity contribution < 1.29 is 4.79 Å². The molecule has 1 aliphatic heterocycles. The van der Waals surface area contributed by atoms with Crippen molar-refractivity contribution in [1.82, 2.24) is 15.2 Å². The van der Waals surface area contributed by atoms with E-state index in [1.54, 1.807) is 11.3 Å². The van der Waals surface area contributed by atoms with Gasteiger partial charge in [-0.05, 0) is 64.1 Å². The van der Waals surface area contributed by atoms with E-state index in [4.69, 9.17) is 0 Å². The first-order valence-corrected chi connectivity index (χ1v) is 10.6. The number of carbonyl (C=O) groups excluding carboxylic acids is 1. The van der Waals surface area contributed by atoms with Gasteiger partial charge < -0.3 is 5.32 Å². The molecular weight excluding hydrogens is 342 g/mol. The van der Waals surface area contributed by atoms with Gasteiger partial charge in [-0.3, -0.25) is 9.69 Å². The van der Waals surface area contributed by atoms with Crippen molar-refractivity contribution in [2.24, 2.45) is 5.92 Å². The molecule has 1 aliphatic rings. The molecule has 0 radical (unpaired) electrons. The minimum atomic E-state index is 0.0252. The van der Waals surface area contributed by atoms with Crippen LogP contribution >= 0.6 is 11.3 Å². The van der Waals surface area contributed by atoms with Gasteiger partial charge in [0, 0.05) is 25.0 Å². The third-order valence-electron chi connectivity index (χ3n) is 5.36. The number of hydrogen-bond acceptors (Lipinski definition) is 4. The summed E-state index contributed by atoms with van der Waals surface area (Å²) < 4.78 is 1.23. The Bertz CT molecular complexity index is 707. The summed E-state index contributed by atoms with van der Waals surface area (Å²) in [5, 5.41) is 4.28. The third kappa shape index (κ3) is 5.04. The lowest BCUT2D eigenvalue weighted by molar-refractivity contribution is -0.121. The van der Waals surface area contributed by atoms with Crippen molar-refractivity contribution in [2.75, 3.05) is 19.6 Å². The monoisotopic (exact) mass is 373 g/mol. The third-order valence-corrected chi connectivity index (χ3v) is 6.46. The SMILES string of the molecule is CC1CCCN(C(C)(C)CNC(=O)CCCc2nc3ccccc3s2)C1. The number of piperidine rings is 1. The average Bonchev–Trinajstić information content (AvgIpc) is 3.03. The van der Waals surface area contributed by atoms with Gasteiger partial charge in [0.2, 0.25) is 5.91 Å². The maximum atomic E-state index is 12.3. The summed E-state index contributed by atoms with van der Waals surface area (Å²) in [5.74, 6) is 0.914. The molecule has 1 aromatic carbocycles. The minimum absolute atomic E-state index is 0.0252. The molecule has 1 atom stereocenters. The van der Waals surface area contributed by atoms with Crippen LogP contribution < -0.4 is 5.32 Å². The van der Waals surface area contributed by atoms with Gasteiger partial charge in [-0.15, -0.1) is 11.3 Å². The van der Waals surface area contributed by atoms with Gasteiger partial charge >= 0.3 is 0 Å². The Labute approximate surface area is 161 Å². The van der Waals surface area contributed by atoms with Crippen LogP contribution in [0.2, 0.25) is 0 Å². The summed E-state index contributed by atoms with van der Waals surface area (Å²) in [6.45, 7) is 9.81. The number of aryl methyl sites for hydroxylation is 1. The molecule has 1 amide bonds. The van der Waals surface area contributed by atoms with E-state index in [2.05, 4.69) is 42.0 Å². The summed E-state index contributed by atoms with van der Waals surface area (Å²) in [4.78, 5) is 19.4. The Morgan fingerprint density at radius 1 is 1.38 bits per heavy atom. The van der Waals surface area contributed by atoms with E-state index >= 15 is 0 Å². The number of rotatable bonds is 7. The van der Waals surface area contributed by atoms with Gasteiger partial charge in [0.25, 0.3) is 0 Å². The predicted molar refractivity (Wildman–Crippen MR) is 110 cm³/mol. The van der Waals surface area contributed by atoms with E-state index in [1.165, 1.54) is 17.5 Å². The molecule has 1 aromatic heterocycles. The molecule has 0 spiro atoms. The fraction of sp³-hybridized carbons (Fsp3) is 0.619. The molecule has 2 aromatic rings. The fourth-order valence-electron chi connectivity index (χ4n) is 3.68. The van der Waals surface area contributed by atoms with Crippen LogP contribution in [-0.2, 0) is 11.2 Å². The minimum Gasteiger partial charge on any atom is -0.354 e. The number of benzene rings is 1. The highest BCUT2D eigenvalue weighted by molar-refractivity contribution is 7.18. The highest BCUT2D eigenvalue weighted by atomic mass is 32.1. The van der Waals surface area contributed by atoms with Gasteiger partial charge in [-0.25, -0.2) is 4.98 Å². The Kier molecular flexibility index (Phi) is 6.30. The van der Waals surface area contributed by atoms with Crippen LogP contribution in [0.1, 0.15) is 51.5 Å². The number of likely N-dealkylation sites (tertiary alicyclic amines) is 1. The largest absolute Gasteiger partial charge is 0.354 e. The van der Waals surface area contributed by atoms with Crippen molar-refractivity contribution in [1.29, 1.82) is 0 Å². The molecule has 2 heterocycles. The van der Waals surface area contributed by atoms with Crippen molar-refractivity contribution in [2.45, 2.75) is 58.4 Å². The maximum absolute atomic E-state index is 12.3. The van der Waals surface area contributed by atoms with Crippen LogP contribution in [0.5, 0.6) is 0 Å². The van der Waals surface area contributed by atoms with Crippen LogP contribution in [0.4, 0.5) is 0 Å². The van der Waals surface area contributed by atoms with E-state index in [0.717, 1.165) is 48.9 Å². The van der Waals surface area contributed by atoms with Crippen LogP contribution in [0.25, 0.3) is 10.2 Å². The van der Waals surface area contributed by atoms with Crippen LogP contribution in [-0.4, -0.2) is 41.0 Å². The number of fused-ring (bicyclic) bond motifs is 1. The molecule has 0 bridgehead atoms. The van der Waals surface area contributed by atoms with Crippen molar-refractivity contribution in [3.05, 3.63) is 29.3 Å². The summed E-state index contributed by atoms with van der Waals surface area (Å²) in [5.41, 5.74) is 1.09. The lowest BCUT2D eigenvalue weighted by Crippen LogP contribution is -2.54. The molecule has 3 rings (SSSR count). The number of aromatic nitrogens is 1. The first-order chi connectivity index (χ1) is 12.4. The van der Waals surface area contributed by atoms with E-state index in [9.17, 15) is 4.79 Å². The molecule has 0 saturated carbocycles. The van der Waals surface area contributed by atoms with Gasteiger partial charge in [-0.2, -0.15) is 0 Å². The second-order valence-corrected chi connectivity index (χ2v) is 9.33. The van der Waals surface area contributed by atoms with E-state index in [-0.39, 0.29) is 11.4 Å². The smallest absolute Gasteiger partial charge is 0.220 e. The maximum Gasteiger partial charge on any atom is 0.220 e. The van der Waals surface area contributed by atoms with Crippen LogP contribution in [0.15, 0.2) is 24.3 Å². The van der Waals surface area contributed by atoms with Gasteiger partial charge in [0.1, 0.15) is 0 Å². The Morgan fingerprint density at radius 2 is 2.19 bits per heavy atom. The van der Waals surface area contributed by atoms with Crippen molar-refractivity contribution in [3.8, 4) is 0 Å². The highest BCUT2D eigenvalue weighted by Gasteiger charge is 2.30. The van der Waals surface area contributed by atoms with Gasteiger partial charge in [-0.1, -0.05) is 19.1 Å². The predicted octanol–water partition coefficient (Wildman–Crippen LogP) is 4.25. The zero-order valence-electron chi connectivity index (χ0n) is 16.3. The van der Waals surface area contributed by atoms with E-state index in [1.807, 2.05) is 18.2 Å². The Hall–Kier alpha value is -1.46. The highest BCUT2D eigenvalue weighted by Crippen LogP contribution is 2.24. The second-order valence-electron chi connectivity index (χ2n) is 8.21. The van der Waals surface area contributed by atoms with Crippen LogP contribution in [0, 0.1) is 5.92 Å². The average molecular weight is 374 g/mol. The molecule has 1 N–H and O–H groups in total.